The van der Waals surface area contributed by atoms with Crippen molar-refractivity contribution in [3.8, 4) is 5.88 Å². The maximum Gasteiger partial charge on any atom is 0.341 e. The van der Waals surface area contributed by atoms with Crippen molar-refractivity contribution < 1.29 is 14.3 Å². The van der Waals surface area contributed by atoms with E-state index in [1.54, 1.807) is 25.3 Å². The van der Waals surface area contributed by atoms with Crippen molar-refractivity contribution in [2.45, 2.75) is 6.92 Å². The van der Waals surface area contributed by atoms with Gasteiger partial charge in [0, 0.05) is 6.07 Å². The third kappa shape index (κ3) is 3.59. The van der Waals surface area contributed by atoms with Crippen molar-refractivity contribution in [3.63, 3.8) is 0 Å². The maximum absolute atomic E-state index is 11.9. The topological polar surface area (TPSA) is 99.4 Å². The number of hydrogen-bond acceptors (Lipinski definition) is 7. The molecule has 0 amide bonds. The fourth-order valence-electron chi connectivity index (χ4n) is 1.66. The van der Waals surface area contributed by atoms with Crippen molar-refractivity contribution in [2.24, 2.45) is 0 Å². The molecule has 2 aromatic rings. The Hall–Kier alpha value is -2.83. The van der Waals surface area contributed by atoms with E-state index in [9.17, 15) is 4.79 Å². The summed E-state index contributed by atoms with van der Waals surface area (Å²) in [5, 5.41) is 3.00. The first-order chi connectivity index (χ1) is 10.1. The Morgan fingerprint density at radius 3 is 2.76 bits per heavy atom. The third-order valence-electron chi connectivity index (χ3n) is 2.61. The van der Waals surface area contributed by atoms with Gasteiger partial charge < -0.3 is 20.5 Å². The fourth-order valence-corrected chi connectivity index (χ4v) is 1.66. The van der Waals surface area contributed by atoms with Gasteiger partial charge in [-0.3, -0.25) is 0 Å². The molecule has 2 heterocycles. The molecule has 0 aliphatic carbocycles. The van der Waals surface area contributed by atoms with E-state index in [2.05, 4.69) is 15.3 Å². The number of pyridine rings is 2. The van der Waals surface area contributed by atoms with Gasteiger partial charge in [-0.1, -0.05) is 0 Å². The molecule has 0 fully saturated rings. The molecule has 0 aliphatic rings. The Morgan fingerprint density at radius 1 is 1.33 bits per heavy atom. The van der Waals surface area contributed by atoms with Gasteiger partial charge in [-0.2, -0.15) is 0 Å². The lowest BCUT2D eigenvalue weighted by molar-refractivity contribution is 0.0527. The first kappa shape index (κ1) is 14.6. The molecule has 21 heavy (non-hydrogen) atoms. The number of nitrogens with one attached hydrogen (secondary N) is 1. The minimum atomic E-state index is -0.485. The number of nitrogens with zero attached hydrogens (tertiary/aromatic N) is 2. The van der Waals surface area contributed by atoms with Crippen LogP contribution in [0.25, 0.3) is 0 Å². The molecule has 0 saturated carbocycles. The summed E-state index contributed by atoms with van der Waals surface area (Å²) in [6.45, 7) is 2.01. The number of anilines is 3. The van der Waals surface area contributed by atoms with E-state index < -0.39 is 5.97 Å². The van der Waals surface area contributed by atoms with Gasteiger partial charge in [0.25, 0.3) is 0 Å². The predicted molar refractivity (Wildman–Crippen MR) is 78.7 cm³/mol. The van der Waals surface area contributed by atoms with E-state index >= 15 is 0 Å². The monoisotopic (exact) mass is 288 g/mol. The molecular formula is C14H16N4O3. The first-order valence-corrected chi connectivity index (χ1v) is 6.33. The summed E-state index contributed by atoms with van der Waals surface area (Å²) in [6.07, 6.45) is 3.04. The van der Waals surface area contributed by atoms with Gasteiger partial charge in [0.1, 0.15) is 11.4 Å². The van der Waals surface area contributed by atoms with Crippen molar-refractivity contribution in [3.05, 3.63) is 36.2 Å². The summed E-state index contributed by atoms with van der Waals surface area (Å²) < 4.78 is 9.97. The Labute approximate surface area is 122 Å². The number of aromatic nitrogens is 2. The largest absolute Gasteiger partial charge is 0.481 e. The number of nitrogens with two attached hydrogens (primary N) is 1. The zero-order valence-electron chi connectivity index (χ0n) is 11.8. The molecule has 7 heteroatoms. The van der Waals surface area contributed by atoms with Crippen LogP contribution >= 0.6 is 0 Å². The number of methoxy groups -OCH3 is 1. The van der Waals surface area contributed by atoms with Crippen molar-refractivity contribution in [1.29, 1.82) is 0 Å². The van der Waals surface area contributed by atoms with Crippen LogP contribution in [0.2, 0.25) is 0 Å². The van der Waals surface area contributed by atoms with Gasteiger partial charge in [-0.25, -0.2) is 14.8 Å². The number of esters is 1. The highest BCUT2D eigenvalue weighted by atomic mass is 16.5. The number of carbonyl (C=O) groups is 1. The number of hydrogen-bond donors (Lipinski definition) is 2. The van der Waals surface area contributed by atoms with Gasteiger partial charge in [-0.15, -0.1) is 0 Å². The van der Waals surface area contributed by atoms with Crippen LogP contribution in [0.1, 0.15) is 17.3 Å². The zero-order valence-corrected chi connectivity index (χ0v) is 11.8. The summed E-state index contributed by atoms with van der Waals surface area (Å²) >= 11 is 0. The first-order valence-electron chi connectivity index (χ1n) is 6.33. The number of carbonyl (C=O) groups excluding carboxylic acids is 1. The molecule has 0 saturated heterocycles. The van der Waals surface area contributed by atoms with Gasteiger partial charge in [0.15, 0.2) is 0 Å². The standard InChI is InChI=1S/C14H16N4O3/c1-3-21-14(19)11-6-9(15)7-17-13(11)18-10-4-5-12(20-2)16-8-10/h4-8H,3,15H2,1-2H3,(H,17,18). The van der Waals surface area contributed by atoms with E-state index in [1.165, 1.54) is 19.4 Å². The number of ether oxygens (including phenoxy) is 2. The minimum absolute atomic E-state index is 0.271. The summed E-state index contributed by atoms with van der Waals surface area (Å²) in [4.78, 5) is 20.1. The smallest absolute Gasteiger partial charge is 0.341 e. The van der Waals surface area contributed by atoms with Crippen molar-refractivity contribution >= 4 is 23.2 Å². The fraction of sp³-hybridized carbons (Fsp3) is 0.214. The molecule has 2 aromatic heterocycles. The minimum Gasteiger partial charge on any atom is -0.481 e. The van der Waals surface area contributed by atoms with Crippen LogP contribution in [0.5, 0.6) is 5.88 Å². The second kappa shape index (κ2) is 6.56. The van der Waals surface area contributed by atoms with Crippen LogP contribution in [-0.4, -0.2) is 29.7 Å². The number of rotatable bonds is 5. The Bertz CT molecular complexity index is 629. The molecule has 7 nitrogen and oxygen atoms in total. The van der Waals surface area contributed by atoms with Crippen LogP contribution in [0.4, 0.5) is 17.2 Å². The summed E-state index contributed by atoms with van der Waals surface area (Å²) in [6, 6.07) is 4.98. The Morgan fingerprint density at radius 2 is 2.14 bits per heavy atom. The number of nitrogen functional groups attached to an aromatic ring is 1. The van der Waals surface area contributed by atoms with Crippen LogP contribution in [0, 0.1) is 0 Å². The predicted octanol–water partition coefficient (Wildman–Crippen LogP) is 1.99. The molecule has 0 radical (unpaired) electrons. The average Bonchev–Trinajstić information content (AvgIpc) is 2.50. The average molecular weight is 288 g/mol. The van der Waals surface area contributed by atoms with Crippen molar-refractivity contribution in [1.82, 2.24) is 9.97 Å². The molecule has 0 aliphatic heterocycles. The molecule has 0 bridgehead atoms. The van der Waals surface area contributed by atoms with E-state index in [4.69, 9.17) is 15.2 Å². The normalized spacial score (nSPS) is 10.0. The molecule has 3 N–H and O–H groups in total. The Kier molecular flexibility index (Phi) is 4.55. The highest BCUT2D eigenvalue weighted by molar-refractivity contribution is 5.96. The van der Waals surface area contributed by atoms with Crippen LogP contribution in [-0.2, 0) is 4.74 Å². The SMILES string of the molecule is CCOC(=O)c1cc(N)cnc1Nc1ccc(OC)nc1. The van der Waals surface area contributed by atoms with Crippen molar-refractivity contribution in [2.75, 3.05) is 24.8 Å². The molecule has 0 atom stereocenters. The molecule has 0 unspecified atom stereocenters. The summed E-state index contributed by atoms with van der Waals surface area (Å²) in [7, 11) is 1.54. The van der Waals surface area contributed by atoms with Gasteiger partial charge in [0.2, 0.25) is 5.88 Å². The van der Waals surface area contributed by atoms with E-state index in [1.807, 2.05) is 0 Å². The lowest BCUT2D eigenvalue weighted by Crippen LogP contribution is -2.10. The van der Waals surface area contributed by atoms with Gasteiger partial charge in [0.05, 0.1) is 37.5 Å². The highest BCUT2D eigenvalue weighted by Gasteiger charge is 2.15. The van der Waals surface area contributed by atoms with Crippen LogP contribution < -0.4 is 15.8 Å². The molecular weight excluding hydrogens is 272 g/mol. The van der Waals surface area contributed by atoms with Gasteiger partial charge in [-0.05, 0) is 19.1 Å². The lowest BCUT2D eigenvalue weighted by atomic mass is 10.2. The molecule has 0 aromatic carbocycles. The molecule has 110 valence electrons. The maximum atomic E-state index is 11.9. The molecule has 0 spiro atoms. The quantitative estimate of drug-likeness (QED) is 0.811. The highest BCUT2D eigenvalue weighted by Crippen LogP contribution is 2.22. The summed E-state index contributed by atoms with van der Waals surface area (Å²) in [5.41, 5.74) is 6.99. The summed E-state index contributed by atoms with van der Waals surface area (Å²) in [5.74, 6) is 0.368. The Balaban J connectivity index is 2.27. The van der Waals surface area contributed by atoms with Crippen LogP contribution in [0.3, 0.4) is 0 Å². The van der Waals surface area contributed by atoms with E-state index in [0.717, 1.165) is 0 Å². The molecule has 2 rings (SSSR count). The lowest BCUT2D eigenvalue weighted by Gasteiger charge is -2.11. The van der Waals surface area contributed by atoms with Crippen LogP contribution in [0.15, 0.2) is 30.6 Å². The second-order valence-electron chi connectivity index (χ2n) is 4.10. The second-order valence-corrected chi connectivity index (χ2v) is 4.10. The van der Waals surface area contributed by atoms with Gasteiger partial charge >= 0.3 is 5.97 Å². The van der Waals surface area contributed by atoms with E-state index in [0.29, 0.717) is 23.1 Å². The zero-order chi connectivity index (χ0) is 15.2. The third-order valence-corrected chi connectivity index (χ3v) is 2.61. The van der Waals surface area contributed by atoms with E-state index in [-0.39, 0.29) is 12.2 Å².